The van der Waals surface area contributed by atoms with Gasteiger partial charge in [-0.1, -0.05) is 6.07 Å². The van der Waals surface area contributed by atoms with Gasteiger partial charge in [-0.15, -0.1) is 0 Å². The number of carbonyl (C=O) groups is 1. The minimum Gasteiger partial charge on any atom is -0.497 e. The Morgan fingerprint density at radius 1 is 1.26 bits per heavy atom. The van der Waals surface area contributed by atoms with Crippen molar-refractivity contribution in [1.29, 1.82) is 0 Å². The molecule has 0 aromatic heterocycles. The van der Waals surface area contributed by atoms with Gasteiger partial charge in [0.05, 0.1) is 13.7 Å². The van der Waals surface area contributed by atoms with Crippen LogP contribution in [0.15, 0.2) is 24.3 Å². The Kier molecular flexibility index (Phi) is 5.67. The van der Waals surface area contributed by atoms with E-state index < -0.39 is 0 Å². The van der Waals surface area contributed by atoms with Crippen LogP contribution in [-0.4, -0.2) is 25.2 Å². The van der Waals surface area contributed by atoms with E-state index in [0.717, 1.165) is 11.5 Å². The van der Waals surface area contributed by atoms with E-state index in [-0.39, 0.29) is 11.4 Å². The highest BCUT2D eigenvalue weighted by Gasteiger charge is 2.12. The van der Waals surface area contributed by atoms with Crippen molar-refractivity contribution in [2.45, 2.75) is 39.2 Å². The highest BCUT2D eigenvalue weighted by atomic mass is 16.5. The summed E-state index contributed by atoms with van der Waals surface area (Å²) in [4.78, 5) is 11.6. The fraction of sp³-hybridized carbons (Fsp3) is 0.533. The number of ether oxygens (including phenoxy) is 2. The molecule has 1 aromatic rings. The highest BCUT2D eigenvalue weighted by molar-refractivity contribution is 5.76. The molecule has 0 fully saturated rings. The van der Waals surface area contributed by atoms with Crippen molar-refractivity contribution >= 4 is 5.91 Å². The fourth-order valence-corrected chi connectivity index (χ4v) is 1.59. The van der Waals surface area contributed by atoms with E-state index in [1.807, 2.05) is 45.0 Å². The first-order valence-corrected chi connectivity index (χ1v) is 6.48. The predicted octanol–water partition coefficient (Wildman–Crippen LogP) is 2.77. The molecular formula is C15H23NO3. The average molecular weight is 265 g/mol. The standard InChI is InChI=1S/C15H23NO3/c1-15(2,3)16-14(17)9-6-10-19-13-8-5-7-12(11-13)18-4/h5,7-8,11H,6,9-10H2,1-4H3,(H,16,17). The number of rotatable bonds is 6. The zero-order chi connectivity index (χ0) is 14.3. The van der Waals surface area contributed by atoms with Gasteiger partial charge in [0, 0.05) is 18.0 Å². The molecule has 0 aliphatic carbocycles. The lowest BCUT2D eigenvalue weighted by Crippen LogP contribution is -2.40. The molecule has 0 radical (unpaired) electrons. The van der Waals surface area contributed by atoms with E-state index in [9.17, 15) is 4.79 Å². The van der Waals surface area contributed by atoms with Crippen molar-refractivity contribution in [2.24, 2.45) is 0 Å². The highest BCUT2D eigenvalue weighted by Crippen LogP contribution is 2.18. The van der Waals surface area contributed by atoms with E-state index in [4.69, 9.17) is 9.47 Å². The van der Waals surface area contributed by atoms with Crippen LogP contribution in [0.5, 0.6) is 11.5 Å². The molecule has 0 aliphatic heterocycles. The third-order valence-corrected chi connectivity index (χ3v) is 2.37. The first kappa shape index (κ1) is 15.3. The second kappa shape index (κ2) is 7.02. The number of benzene rings is 1. The number of carbonyl (C=O) groups excluding carboxylic acids is 1. The van der Waals surface area contributed by atoms with Gasteiger partial charge in [0.1, 0.15) is 11.5 Å². The van der Waals surface area contributed by atoms with Gasteiger partial charge in [-0.2, -0.15) is 0 Å². The molecule has 1 N–H and O–H groups in total. The van der Waals surface area contributed by atoms with Crippen molar-refractivity contribution in [2.75, 3.05) is 13.7 Å². The molecular weight excluding hydrogens is 242 g/mol. The van der Waals surface area contributed by atoms with Crippen LogP contribution in [-0.2, 0) is 4.79 Å². The zero-order valence-corrected chi connectivity index (χ0v) is 12.2. The van der Waals surface area contributed by atoms with E-state index in [1.54, 1.807) is 7.11 Å². The van der Waals surface area contributed by atoms with E-state index in [2.05, 4.69) is 5.32 Å². The zero-order valence-electron chi connectivity index (χ0n) is 12.2. The Hall–Kier alpha value is -1.71. The maximum atomic E-state index is 11.6. The second-order valence-electron chi connectivity index (χ2n) is 5.43. The summed E-state index contributed by atoms with van der Waals surface area (Å²) in [5.74, 6) is 1.58. The van der Waals surface area contributed by atoms with Crippen LogP contribution < -0.4 is 14.8 Å². The molecule has 0 saturated heterocycles. The fourth-order valence-electron chi connectivity index (χ4n) is 1.59. The average Bonchev–Trinajstić information content (AvgIpc) is 2.33. The molecule has 0 spiro atoms. The molecule has 0 atom stereocenters. The number of amides is 1. The van der Waals surface area contributed by atoms with Crippen molar-refractivity contribution in [3.05, 3.63) is 24.3 Å². The summed E-state index contributed by atoms with van der Waals surface area (Å²) in [5.41, 5.74) is -0.176. The summed E-state index contributed by atoms with van der Waals surface area (Å²) >= 11 is 0. The minimum atomic E-state index is -0.176. The Labute approximate surface area is 115 Å². The first-order chi connectivity index (χ1) is 8.90. The van der Waals surface area contributed by atoms with E-state index in [0.29, 0.717) is 19.4 Å². The lowest BCUT2D eigenvalue weighted by Gasteiger charge is -2.20. The molecule has 1 rings (SSSR count). The summed E-state index contributed by atoms with van der Waals surface area (Å²) in [7, 11) is 1.62. The summed E-state index contributed by atoms with van der Waals surface area (Å²) in [6, 6.07) is 7.44. The van der Waals surface area contributed by atoms with Gasteiger partial charge in [0.15, 0.2) is 0 Å². The van der Waals surface area contributed by atoms with Crippen molar-refractivity contribution < 1.29 is 14.3 Å². The molecule has 4 heteroatoms. The first-order valence-electron chi connectivity index (χ1n) is 6.48. The van der Waals surface area contributed by atoms with Gasteiger partial charge in [-0.25, -0.2) is 0 Å². The van der Waals surface area contributed by atoms with Crippen LogP contribution >= 0.6 is 0 Å². The Morgan fingerprint density at radius 3 is 2.58 bits per heavy atom. The van der Waals surface area contributed by atoms with Crippen molar-refractivity contribution in [3.63, 3.8) is 0 Å². The predicted molar refractivity (Wildman–Crippen MR) is 75.6 cm³/mol. The molecule has 0 saturated carbocycles. The van der Waals surface area contributed by atoms with Crippen molar-refractivity contribution in [1.82, 2.24) is 5.32 Å². The van der Waals surface area contributed by atoms with Crippen LogP contribution in [0.2, 0.25) is 0 Å². The topological polar surface area (TPSA) is 47.6 Å². The molecule has 0 heterocycles. The smallest absolute Gasteiger partial charge is 0.220 e. The van der Waals surface area contributed by atoms with Gasteiger partial charge < -0.3 is 14.8 Å². The van der Waals surface area contributed by atoms with Gasteiger partial charge in [-0.3, -0.25) is 4.79 Å². The van der Waals surface area contributed by atoms with Gasteiger partial charge in [-0.05, 0) is 39.3 Å². The normalized spacial score (nSPS) is 10.9. The SMILES string of the molecule is COc1cccc(OCCCC(=O)NC(C)(C)C)c1. The molecule has 4 nitrogen and oxygen atoms in total. The lowest BCUT2D eigenvalue weighted by molar-refractivity contribution is -0.122. The van der Waals surface area contributed by atoms with Gasteiger partial charge >= 0.3 is 0 Å². The van der Waals surface area contributed by atoms with Gasteiger partial charge in [0.2, 0.25) is 5.91 Å². The minimum absolute atomic E-state index is 0.0572. The number of hydrogen-bond donors (Lipinski definition) is 1. The largest absolute Gasteiger partial charge is 0.497 e. The molecule has 1 amide bonds. The third-order valence-electron chi connectivity index (χ3n) is 2.37. The third kappa shape index (κ3) is 6.70. The summed E-state index contributed by atoms with van der Waals surface area (Å²) in [6.07, 6.45) is 1.17. The maximum Gasteiger partial charge on any atom is 0.220 e. The molecule has 106 valence electrons. The summed E-state index contributed by atoms with van der Waals surface area (Å²) in [6.45, 7) is 6.43. The summed E-state index contributed by atoms with van der Waals surface area (Å²) < 4.78 is 10.7. The van der Waals surface area contributed by atoms with Gasteiger partial charge in [0.25, 0.3) is 0 Å². The summed E-state index contributed by atoms with van der Waals surface area (Å²) in [5, 5.41) is 2.92. The van der Waals surface area contributed by atoms with Crippen LogP contribution in [0, 0.1) is 0 Å². The van der Waals surface area contributed by atoms with Crippen LogP contribution in [0.1, 0.15) is 33.6 Å². The lowest BCUT2D eigenvalue weighted by atomic mass is 10.1. The van der Waals surface area contributed by atoms with Crippen LogP contribution in [0.4, 0.5) is 0 Å². The van der Waals surface area contributed by atoms with Crippen LogP contribution in [0.25, 0.3) is 0 Å². The Morgan fingerprint density at radius 2 is 1.95 bits per heavy atom. The number of hydrogen-bond acceptors (Lipinski definition) is 3. The molecule has 0 bridgehead atoms. The second-order valence-corrected chi connectivity index (χ2v) is 5.43. The quantitative estimate of drug-likeness (QED) is 0.805. The number of nitrogens with one attached hydrogen (secondary N) is 1. The van der Waals surface area contributed by atoms with E-state index in [1.165, 1.54) is 0 Å². The monoisotopic (exact) mass is 265 g/mol. The molecule has 1 aromatic carbocycles. The van der Waals surface area contributed by atoms with E-state index >= 15 is 0 Å². The van der Waals surface area contributed by atoms with Crippen molar-refractivity contribution in [3.8, 4) is 11.5 Å². The molecule has 0 aliphatic rings. The molecule has 0 unspecified atom stereocenters. The Bertz CT molecular complexity index is 410. The number of methoxy groups -OCH3 is 1. The van der Waals surface area contributed by atoms with Crippen LogP contribution in [0.3, 0.4) is 0 Å². The maximum absolute atomic E-state index is 11.6. The Balaban J connectivity index is 2.25. The molecule has 19 heavy (non-hydrogen) atoms.